The number of hydrogen-bond donors (Lipinski definition) is 1. The monoisotopic (exact) mass is 417 g/mol. The van der Waals surface area contributed by atoms with E-state index >= 15 is 0 Å². The molecule has 0 aliphatic heterocycles. The summed E-state index contributed by atoms with van der Waals surface area (Å²) in [5.41, 5.74) is 5.81. The van der Waals surface area contributed by atoms with Crippen molar-refractivity contribution in [1.29, 1.82) is 0 Å². The predicted molar refractivity (Wildman–Crippen MR) is 130 cm³/mol. The molecule has 3 aromatic carbocycles. The second kappa shape index (κ2) is 8.86. The Balaban J connectivity index is 1.56. The molecular weight excluding hydrogens is 394 g/mol. The maximum absolute atomic E-state index is 4.84. The molecule has 0 fully saturated rings. The summed E-state index contributed by atoms with van der Waals surface area (Å²) >= 11 is 0. The Kier molecular flexibility index (Phi) is 5.45. The first-order valence-corrected chi connectivity index (χ1v) is 10.6. The maximum Gasteiger partial charge on any atom is 0.253 e. The predicted octanol–water partition coefficient (Wildman–Crippen LogP) is 5.88. The number of imidazole rings is 1. The standard InChI is InChI=1S/C27H23N5/c1-20-24(18-17-21-11-5-2-6-12-21)29-27-30-25(23-15-9-4-10-16-23)26(32(27)31-20)28-19-22-13-7-3-8-14-22/h2-18,28H,19H2,1H3/b18-17+. The summed E-state index contributed by atoms with van der Waals surface area (Å²) in [6, 6.07) is 30.6. The molecule has 2 aromatic heterocycles. The van der Waals surface area contributed by atoms with Crippen molar-refractivity contribution in [2.45, 2.75) is 13.5 Å². The van der Waals surface area contributed by atoms with Crippen molar-refractivity contribution in [3.63, 3.8) is 0 Å². The molecule has 156 valence electrons. The highest BCUT2D eigenvalue weighted by atomic mass is 15.3. The van der Waals surface area contributed by atoms with Crippen LogP contribution in [0.1, 0.15) is 22.5 Å². The fourth-order valence-electron chi connectivity index (χ4n) is 3.59. The topological polar surface area (TPSA) is 55.1 Å². The molecule has 0 spiro atoms. The fraction of sp³-hybridized carbons (Fsp3) is 0.0741. The molecule has 5 nitrogen and oxygen atoms in total. The molecule has 5 heteroatoms. The highest BCUT2D eigenvalue weighted by Crippen LogP contribution is 2.28. The Bertz CT molecular complexity index is 1360. The fourth-order valence-corrected chi connectivity index (χ4v) is 3.59. The number of nitrogens with one attached hydrogen (secondary N) is 1. The van der Waals surface area contributed by atoms with Gasteiger partial charge in [-0.05, 0) is 24.1 Å². The number of nitrogens with zero attached hydrogens (tertiary/aromatic N) is 4. The molecule has 1 N–H and O–H groups in total. The van der Waals surface area contributed by atoms with E-state index in [4.69, 9.17) is 15.1 Å². The summed E-state index contributed by atoms with van der Waals surface area (Å²) < 4.78 is 1.81. The minimum Gasteiger partial charge on any atom is -0.364 e. The van der Waals surface area contributed by atoms with Gasteiger partial charge in [0.05, 0.1) is 11.4 Å². The van der Waals surface area contributed by atoms with Crippen LogP contribution in [0.4, 0.5) is 5.82 Å². The van der Waals surface area contributed by atoms with E-state index in [0.717, 1.165) is 34.0 Å². The van der Waals surface area contributed by atoms with Crippen molar-refractivity contribution in [3.8, 4) is 11.3 Å². The number of anilines is 1. The zero-order valence-electron chi connectivity index (χ0n) is 17.8. The van der Waals surface area contributed by atoms with Crippen LogP contribution in [0.3, 0.4) is 0 Å². The van der Waals surface area contributed by atoms with Crippen molar-refractivity contribution in [3.05, 3.63) is 114 Å². The quantitative estimate of drug-likeness (QED) is 0.375. The number of aromatic nitrogens is 4. The van der Waals surface area contributed by atoms with Crippen molar-refractivity contribution in [2.24, 2.45) is 0 Å². The van der Waals surface area contributed by atoms with Gasteiger partial charge < -0.3 is 5.32 Å². The van der Waals surface area contributed by atoms with E-state index in [9.17, 15) is 0 Å². The molecule has 5 rings (SSSR count). The molecule has 0 saturated heterocycles. The normalized spacial score (nSPS) is 11.3. The van der Waals surface area contributed by atoms with Gasteiger partial charge in [0, 0.05) is 12.1 Å². The minimum absolute atomic E-state index is 0.567. The van der Waals surface area contributed by atoms with E-state index in [1.54, 1.807) is 4.52 Å². The van der Waals surface area contributed by atoms with Crippen LogP contribution >= 0.6 is 0 Å². The van der Waals surface area contributed by atoms with Gasteiger partial charge in [-0.2, -0.15) is 9.61 Å². The van der Waals surface area contributed by atoms with Gasteiger partial charge in [-0.15, -0.1) is 0 Å². The van der Waals surface area contributed by atoms with E-state index in [-0.39, 0.29) is 0 Å². The SMILES string of the molecule is Cc1nn2c(NCc3ccccc3)c(-c3ccccc3)nc2nc1/C=C/c1ccccc1. The Labute approximate surface area is 187 Å². The highest BCUT2D eigenvalue weighted by molar-refractivity contribution is 5.76. The molecule has 0 amide bonds. The molecule has 0 atom stereocenters. The largest absolute Gasteiger partial charge is 0.364 e. The molecule has 0 unspecified atom stereocenters. The van der Waals surface area contributed by atoms with E-state index in [0.29, 0.717) is 12.3 Å². The first-order valence-electron chi connectivity index (χ1n) is 10.6. The number of fused-ring (bicyclic) bond motifs is 1. The smallest absolute Gasteiger partial charge is 0.253 e. The second-order valence-electron chi connectivity index (χ2n) is 7.55. The van der Waals surface area contributed by atoms with Gasteiger partial charge in [0.25, 0.3) is 5.78 Å². The van der Waals surface area contributed by atoms with Gasteiger partial charge >= 0.3 is 0 Å². The lowest BCUT2D eigenvalue weighted by Gasteiger charge is -2.09. The summed E-state index contributed by atoms with van der Waals surface area (Å²) in [6.45, 7) is 2.64. The summed E-state index contributed by atoms with van der Waals surface area (Å²) in [7, 11) is 0. The Morgan fingerprint density at radius 1 is 0.781 bits per heavy atom. The molecule has 5 aromatic rings. The zero-order chi connectivity index (χ0) is 21.8. The van der Waals surface area contributed by atoms with E-state index in [1.807, 2.05) is 73.7 Å². The number of hydrogen-bond acceptors (Lipinski definition) is 4. The average Bonchev–Trinajstić information content (AvgIpc) is 3.20. The van der Waals surface area contributed by atoms with Crippen LogP contribution < -0.4 is 5.32 Å². The molecule has 0 aliphatic carbocycles. The van der Waals surface area contributed by atoms with Crippen LogP contribution in [-0.2, 0) is 6.54 Å². The second-order valence-corrected chi connectivity index (χ2v) is 7.55. The summed E-state index contributed by atoms with van der Waals surface area (Å²) in [5, 5.41) is 8.36. The van der Waals surface area contributed by atoms with E-state index < -0.39 is 0 Å². The Morgan fingerprint density at radius 2 is 1.44 bits per heavy atom. The van der Waals surface area contributed by atoms with E-state index in [1.165, 1.54) is 5.56 Å². The molecular formula is C27H23N5. The molecule has 0 bridgehead atoms. The Hall–Kier alpha value is -4.25. The third kappa shape index (κ3) is 4.14. The van der Waals surface area contributed by atoms with Gasteiger partial charge in [0.2, 0.25) is 0 Å². The molecule has 32 heavy (non-hydrogen) atoms. The van der Waals surface area contributed by atoms with Crippen LogP contribution in [0.15, 0.2) is 91.0 Å². The van der Waals surface area contributed by atoms with E-state index in [2.05, 4.69) is 41.7 Å². The lowest BCUT2D eigenvalue weighted by Crippen LogP contribution is -2.07. The minimum atomic E-state index is 0.567. The van der Waals surface area contributed by atoms with Crippen molar-refractivity contribution in [2.75, 3.05) is 5.32 Å². The van der Waals surface area contributed by atoms with Crippen LogP contribution in [-0.4, -0.2) is 19.6 Å². The Morgan fingerprint density at radius 3 is 2.16 bits per heavy atom. The lowest BCUT2D eigenvalue weighted by molar-refractivity contribution is 0.860. The number of rotatable bonds is 6. The van der Waals surface area contributed by atoms with Gasteiger partial charge in [-0.1, -0.05) is 97.1 Å². The summed E-state index contributed by atoms with van der Waals surface area (Å²) in [4.78, 5) is 9.66. The maximum atomic E-state index is 4.84. The molecule has 0 saturated carbocycles. The number of benzene rings is 3. The van der Waals surface area contributed by atoms with Crippen LogP contribution in [0.5, 0.6) is 0 Å². The van der Waals surface area contributed by atoms with Gasteiger partial charge in [0.15, 0.2) is 5.82 Å². The van der Waals surface area contributed by atoms with Gasteiger partial charge in [-0.3, -0.25) is 0 Å². The third-order valence-corrected chi connectivity index (χ3v) is 5.26. The average molecular weight is 418 g/mol. The van der Waals surface area contributed by atoms with Crippen LogP contribution in [0.2, 0.25) is 0 Å². The van der Waals surface area contributed by atoms with Gasteiger partial charge in [-0.25, -0.2) is 9.97 Å². The first-order chi connectivity index (χ1) is 15.8. The molecule has 2 heterocycles. The first kappa shape index (κ1) is 19.7. The van der Waals surface area contributed by atoms with Crippen LogP contribution in [0, 0.1) is 6.92 Å². The highest BCUT2D eigenvalue weighted by Gasteiger charge is 2.17. The molecule has 0 radical (unpaired) electrons. The van der Waals surface area contributed by atoms with Crippen molar-refractivity contribution < 1.29 is 0 Å². The summed E-state index contributed by atoms with van der Waals surface area (Å²) in [5.74, 6) is 1.40. The van der Waals surface area contributed by atoms with Gasteiger partial charge in [0.1, 0.15) is 5.69 Å². The van der Waals surface area contributed by atoms with Crippen LogP contribution in [0.25, 0.3) is 29.2 Å². The summed E-state index contributed by atoms with van der Waals surface area (Å²) in [6.07, 6.45) is 4.04. The lowest BCUT2D eigenvalue weighted by atomic mass is 10.1. The van der Waals surface area contributed by atoms with Crippen molar-refractivity contribution in [1.82, 2.24) is 19.6 Å². The number of aryl methyl sites for hydroxylation is 1. The zero-order valence-corrected chi connectivity index (χ0v) is 17.8. The van der Waals surface area contributed by atoms with Crippen molar-refractivity contribution >= 4 is 23.7 Å². The molecule has 0 aliphatic rings. The third-order valence-electron chi connectivity index (χ3n) is 5.26.